The van der Waals surface area contributed by atoms with E-state index < -0.39 is 0 Å². The van der Waals surface area contributed by atoms with E-state index in [0.717, 1.165) is 51.2 Å². The van der Waals surface area contributed by atoms with Gasteiger partial charge < -0.3 is 19.7 Å². The summed E-state index contributed by atoms with van der Waals surface area (Å²) in [6, 6.07) is 29.7. The van der Waals surface area contributed by atoms with Crippen LogP contribution in [0.2, 0.25) is 0 Å². The zero-order valence-electron chi connectivity index (χ0n) is 23.5. The smallest absolute Gasteiger partial charge is 0.179 e. The average molecular weight is 556 g/mol. The van der Waals surface area contributed by atoms with Gasteiger partial charge in [-0.25, -0.2) is 15.0 Å². The highest BCUT2D eigenvalue weighted by molar-refractivity contribution is 6.51. The summed E-state index contributed by atoms with van der Waals surface area (Å²) in [7, 11) is 1.66. The molecule has 9 nitrogen and oxygen atoms in total. The fourth-order valence-electron chi connectivity index (χ4n) is 5.50. The number of nitrogens with zero attached hydrogens (tertiary/aromatic N) is 6. The summed E-state index contributed by atoms with van der Waals surface area (Å²) < 4.78 is 13.1. The Balaban J connectivity index is 1.46. The highest BCUT2D eigenvalue weighted by Crippen LogP contribution is 2.48. The zero-order valence-corrected chi connectivity index (χ0v) is 23.5. The Kier molecular flexibility index (Phi) is 6.39. The highest BCUT2D eigenvalue weighted by atomic mass is 16.5. The van der Waals surface area contributed by atoms with Gasteiger partial charge in [-0.2, -0.15) is 9.78 Å². The standard InChI is InChI=1S/C33H29N7O2/c1-4-42-24-17-15-22(16-18-24)30-29-21(2)38-40(28-14-7-8-19-34-28)32(29)37-33-31(35-23-10-9-11-25(20-23)41-3)36-26-12-5-6-13-27(26)39(30)33/h5-20,30H,4H2,1-3H3,(H,35,36)/t30-/m1/s1. The van der Waals surface area contributed by atoms with Crippen LogP contribution >= 0.6 is 0 Å². The second-order valence-electron chi connectivity index (χ2n) is 9.94. The third-order valence-electron chi connectivity index (χ3n) is 7.34. The van der Waals surface area contributed by atoms with Gasteiger partial charge in [-0.1, -0.05) is 36.4 Å². The molecule has 2 aliphatic rings. The molecule has 5 aromatic rings. The molecular weight excluding hydrogens is 526 g/mol. The Morgan fingerprint density at radius 2 is 1.71 bits per heavy atom. The molecule has 4 heterocycles. The summed E-state index contributed by atoms with van der Waals surface area (Å²) in [6.07, 6.45) is 1.76. The summed E-state index contributed by atoms with van der Waals surface area (Å²) in [5, 5.41) is 8.47. The molecule has 0 unspecified atom stereocenters. The van der Waals surface area contributed by atoms with Crippen molar-refractivity contribution in [1.82, 2.24) is 14.8 Å². The molecule has 0 bridgehead atoms. The van der Waals surface area contributed by atoms with Crippen LogP contribution in [-0.2, 0) is 0 Å². The number of aryl methyl sites for hydroxylation is 1. The van der Waals surface area contributed by atoms with E-state index in [1.807, 2.05) is 91.3 Å². The van der Waals surface area contributed by atoms with Gasteiger partial charge in [0.15, 0.2) is 23.3 Å². The number of pyridine rings is 1. The molecule has 3 aromatic carbocycles. The molecule has 208 valence electrons. The summed E-state index contributed by atoms with van der Waals surface area (Å²) in [5.41, 5.74) is 5.60. The van der Waals surface area contributed by atoms with Gasteiger partial charge in [-0.15, -0.1) is 0 Å². The molecule has 7 rings (SSSR count). The van der Waals surface area contributed by atoms with Gasteiger partial charge in [0.05, 0.1) is 36.8 Å². The maximum Gasteiger partial charge on any atom is 0.179 e. The van der Waals surface area contributed by atoms with Crippen molar-refractivity contribution in [2.24, 2.45) is 9.98 Å². The van der Waals surface area contributed by atoms with Crippen LogP contribution in [0.15, 0.2) is 107 Å². The SMILES string of the molecule is CCOc1ccc([C@@H]2c3c(C)nn(-c4ccccn4)c3N=C3C(Nc4cccc(OC)c4)=Nc4ccccc4N32)cc1. The van der Waals surface area contributed by atoms with Crippen molar-refractivity contribution in [3.05, 3.63) is 114 Å². The monoisotopic (exact) mass is 555 g/mol. The van der Waals surface area contributed by atoms with Gasteiger partial charge in [0.1, 0.15) is 11.5 Å². The molecule has 2 aliphatic heterocycles. The lowest BCUT2D eigenvalue weighted by Crippen LogP contribution is -2.46. The van der Waals surface area contributed by atoms with Crippen molar-refractivity contribution < 1.29 is 9.47 Å². The number of aliphatic imine (C=N–C) groups is 2. The molecule has 0 radical (unpaired) electrons. The van der Waals surface area contributed by atoms with Crippen LogP contribution < -0.4 is 19.7 Å². The van der Waals surface area contributed by atoms with Crippen LogP contribution in [-0.4, -0.2) is 40.2 Å². The molecule has 42 heavy (non-hydrogen) atoms. The summed E-state index contributed by atoms with van der Waals surface area (Å²) in [5.74, 6) is 4.29. The maximum absolute atomic E-state index is 5.77. The second-order valence-corrected chi connectivity index (χ2v) is 9.94. The molecule has 0 saturated carbocycles. The molecule has 0 amide bonds. The molecular formula is C33H29N7O2. The first-order valence-corrected chi connectivity index (χ1v) is 13.9. The molecule has 0 spiro atoms. The van der Waals surface area contributed by atoms with E-state index in [1.165, 1.54) is 0 Å². The predicted octanol–water partition coefficient (Wildman–Crippen LogP) is 6.78. The van der Waals surface area contributed by atoms with Crippen LogP contribution in [0, 0.1) is 6.92 Å². The van der Waals surface area contributed by atoms with Gasteiger partial charge in [-0.05, 0) is 67.9 Å². The Hall–Kier alpha value is -5.44. The van der Waals surface area contributed by atoms with E-state index in [9.17, 15) is 0 Å². The summed E-state index contributed by atoms with van der Waals surface area (Å²) in [6.45, 7) is 4.62. The zero-order chi connectivity index (χ0) is 28.6. The fourth-order valence-corrected chi connectivity index (χ4v) is 5.50. The molecule has 1 N–H and O–H groups in total. The minimum atomic E-state index is -0.237. The number of para-hydroxylation sites is 2. The number of fused-ring (bicyclic) bond motifs is 4. The normalized spacial score (nSPS) is 15.1. The molecule has 0 aliphatic carbocycles. The van der Waals surface area contributed by atoms with Crippen LogP contribution in [0.3, 0.4) is 0 Å². The number of methoxy groups -OCH3 is 1. The van der Waals surface area contributed by atoms with Gasteiger partial charge in [0, 0.05) is 23.5 Å². The lowest BCUT2D eigenvalue weighted by Gasteiger charge is -2.40. The van der Waals surface area contributed by atoms with Crippen molar-refractivity contribution >= 4 is 34.6 Å². The number of hydrogen-bond acceptors (Lipinski definition) is 8. The number of ether oxygens (including phenoxy) is 2. The number of rotatable bonds is 6. The van der Waals surface area contributed by atoms with Crippen LogP contribution in [0.5, 0.6) is 11.5 Å². The first-order valence-electron chi connectivity index (χ1n) is 13.9. The lowest BCUT2D eigenvalue weighted by molar-refractivity contribution is 0.340. The Morgan fingerprint density at radius 1 is 0.881 bits per heavy atom. The minimum absolute atomic E-state index is 0.237. The van der Waals surface area contributed by atoms with Gasteiger partial charge in [0.25, 0.3) is 0 Å². The van der Waals surface area contributed by atoms with Crippen molar-refractivity contribution in [3.8, 4) is 17.3 Å². The Bertz CT molecular complexity index is 1830. The van der Waals surface area contributed by atoms with E-state index in [0.29, 0.717) is 24.1 Å². The van der Waals surface area contributed by atoms with Crippen LogP contribution in [0.4, 0.5) is 22.9 Å². The average Bonchev–Trinajstić information content (AvgIpc) is 3.37. The summed E-state index contributed by atoms with van der Waals surface area (Å²) >= 11 is 0. The third-order valence-corrected chi connectivity index (χ3v) is 7.34. The number of hydrogen-bond donors (Lipinski definition) is 1. The first-order chi connectivity index (χ1) is 20.6. The maximum atomic E-state index is 5.77. The van der Waals surface area contributed by atoms with Gasteiger partial charge in [0.2, 0.25) is 0 Å². The van der Waals surface area contributed by atoms with Gasteiger partial charge in [-0.3, -0.25) is 0 Å². The number of aromatic nitrogens is 3. The third kappa shape index (κ3) is 4.35. The molecule has 2 aromatic heterocycles. The van der Waals surface area contributed by atoms with E-state index in [2.05, 4.69) is 33.4 Å². The van der Waals surface area contributed by atoms with E-state index >= 15 is 0 Å². The summed E-state index contributed by atoms with van der Waals surface area (Å²) in [4.78, 5) is 17.2. The quantitative estimate of drug-likeness (QED) is 0.249. The lowest BCUT2D eigenvalue weighted by atomic mass is 9.93. The fraction of sp³-hybridized carbons (Fsp3) is 0.152. The van der Waals surface area contributed by atoms with Crippen molar-refractivity contribution in [2.45, 2.75) is 19.9 Å². The minimum Gasteiger partial charge on any atom is -0.497 e. The first kappa shape index (κ1) is 25.5. The van der Waals surface area contributed by atoms with E-state index in [4.69, 9.17) is 24.6 Å². The van der Waals surface area contributed by atoms with E-state index in [1.54, 1.807) is 13.3 Å². The number of amidine groups is 2. The second kappa shape index (κ2) is 10.5. The largest absolute Gasteiger partial charge is 0.497 e. The van der Waals surface area contributed by atoms with Crippen LogP contribution in [0.25, 0.3) is 5.82 Å². The van der Waals surface area contributed by atoms with E-state index in [-0.39, 0.29) is 6.04 Å². The number of nitrogens with one attached hydrogen (secondary N) is 1. The Labute approximate surface area is 243 Å². The number of benzene rings is 3. The van der Waals surface area contributed by atoms with Gasteiger partial charge >= 0.3 is 0 Å². The predicted molar refractivity (Wildman–Crippen MR) is 165 cm³/mol. The molecule has 0 saturated heterocycles. The molecule has 9 heteroatoms. The topological polar surface area (TPSA) is 89.2 Å². The van der Waals surface area contributed by atoms with Crippen LogP contribution in [0.1, 0.15) is 29.8 Å². The molecule has 1 atom stereocenters. The van der Waals surface area contributed by atoms with Crippen molar-refractivity contribution in [1.29, 1.82) is 0 Å². The van der Waals surface area contributed by atoms with Crippen molar-refractivity contribution in [3.63, 3.8) is 0 Å². The van der Waals surface area contributed by atoms with Crippen molar-refractivity contribution in [2.75, 3.05) is 23.9 Å². The molecule has 0 fully saturated rings. The highest BCUT2D eigenvalue weighted by Gasteiger charge is 2.41. The Morgan fingerprint density at radius 3 is 2.50 bits per heavy atom. The number of anilines is 2.